The second-order valence-electron chi connectivity index (χ2n) is 6.01. The number of rotatable bonds is 9. The highest BCUT2D eigenvalue weighted by Gasteiger charge is 2.33. The molecule has 0 aromatic heterocycles. The van der Waals surface area contributed by atoms with E-state index in [1.54, 1.807) is 0 Å². The van der Waals surface area contributed by atoms with Gasteiger partial charge in [-0.3, -0.25) is 4.79 Å². The number of hydrogen-bond donors (Lipinski definition) is 1. The number of nitrogens with one attached hydrogen (secondary N) is 1. The van der Waals surface area contributed by atoms with Gasteiger partial charge in [-0.2, -0.15) is 0 Å². The number of ether oxygens (including phenoxy) is 1. The number of likely N-dealkylation sites (N-methyl/N-ethyl adjacent to an activating group) is 1. The lowest BCUT2D eigenvalue weighted by molar-refractivity contribution is -0.150. The Morgan fingerprint density at radius 2 is 1.95 bits per heavy atom. The third-order valence-corrected chi connectivity index (χ3v) is 3.81. The lowest BCUT2D eigenvalue weighted by Crippen LogP contribution is -2.51. The molecule has 0 aliphatic carbocycles. The van der Waals surface area contributed by atoms with E-state index in [1.165, 1.54) is 6.42 Å². The summed E-state index contributed by atoms with van der Waals surface area (Å²) in [5.41, 5.74) is -0.595. The Morgan fingerprint density at radius 1 is 1.37 bits per heavy atom. The molecule has 0 radical (unpaired) electrons. The summed E-state index contributed by atoms with van der Waals surface area (Å²) in [5, 5.41) is 3.10. The smallest absolute Gasteiger partial charge is 0.326 e. The summed E-state index contributed by atoms with van der Waals surface area (Å²) in [6.07, 6.45) is 1.92. The van der Waals surface area contributed by atoms with Crippen LogP contribution in [0.3, 0.4) is 0 Å². The van der Waals surface area contributed by atoms with Crippen LogP contribution in [0.2, 0.25) is 0 Å². The highest BCUT2D eigenvalue weighted by Crippen LogP contribution is 2.15. The molecular weight excluding hydrogens is 240 g/mol. The van der Waals surface area contributed by atoms with Crippen molar-refractivity contribution in [1.82, 2.24) is 10.2 Å². The van der Waals surface area contributed by atoms with Gasteiger partial charge in [0.25, 0.3) is 0 Å². The second kappa shape index (κ2) is 8.54. The SMILES string of the molecule is CCOC(=O)C(C)(CCN(C)C(C)CC(C)C)NC. The van der Waals surface area contributed by atoms with E-state index >= 15 is 0 Å². The van der Waals surface area contributed by atoms with E-state index < -0.39 is 5.54 Å². The summed E-state index contributed by atoms with van der Waals surface area (Å²) < 4.78 is 5.14. The lowest BCUT2D eigenvalue weighted by Gasteiger charge is -2.31. The molecule has 0 bridgehead atoms. The zero-order valence-corrected chi connectivity index (χ0v) is 13.7. The van der Waals surface area contributed by atoms with Gasteiger partial charge in [0, 0.05) is 12.6 Å². The lowest BCUT2D eigenvalue weighted by atomic mass is 9.97. The molecule has 1 N–H and O–H groups in total. The minimum atomic E-state index is -0.595. The van der Waals surface area contributed by atoms with Gasteiger partial charge in [0.15, 0.2) is 0 Å². The van der Waals surface area contributed by atoms with Crippen molar-refractivity contribution in [3.05, 3.63) is 0 Å². The maximum Gasteiger partial charge on any atom is 0.326 e. The van der Waals surface area contributed by atoms with E-state index in [0.717, 1.165) is 13.0 Å². The van der Waals surface area contributed by atoms with Crippen molar-refractivity contribution in [3.8, 4) is 0 Å². The number of carbonyl (C=O) groups is 1. The molecule has 0 amide bonds. The van der Waals surface area contributed by atoms with Crippen molar-refractivity contribution < 1.29 is 9.53 Å². The molecule has 114 valence electrons. The molecule has 0 heterocycles. The molecule has 0 spiro atoms. The molecule has 0 saturated carbocycles. The van der Waals surface area contributed by atoms with Gasteiger partial charge in [-0.15, -0.1) is 0 Å². The third kappa shape index (κ3) is 6.39. The van der Waals surface area contributed by atoms with Crippen LogP contribution in [-0.4, -0.2) is 49.7 Å². The van der Waals surface area contributed by atoms with Crippen LogP contribution in [0.15, 0.2) is 0 Å². The fraction of sp³-hybridized carbons (Fsp3) is 0.933. The fourth-order valence-corrected chi connectivity index (χ4v) is 2.10. The first kappa shape index (κ1) is 18.4. The Labute approximate surface area is 118 Å². The minimum absolute atomic E-state index is 0.164. The maximum absolute atomic E-state index is 12.0. The first-order chi connectivity index (χ1) is 8.76. The van der Waals surface area contributed by atoms with E-state index in [1.807, 2.05) is 20.9 Å². The van der Waals surface area contributed by atoms with Crippen molar-refractivity contribution >= 4 is 5.97 Å². The largest absolute Gasteiger partial charge is 0.465 e. The molecule has 0 fully saturated rings. The standard InChI is InChI=1S/C15H32N2O2/c1-8-19-14(18)15(5,16-6)9-10-17(7)13(4)11-12(2)3/h12-13,16H,8-11H2,1-7H3. The second-order valence-corrected chi connectivity index (χ2v) is 6.01. The molecule has 4 nitrogen and oxygen atoms in total. The van der Waals surface area contributed by atoms with Crippen molar-refractivity contribution in [3.63, 3.8) is 0 Å². The number of esters is 1. The van der Waals surface area contributed by atoms with Gasteiger partial charge in [-0.25, -0.2) is 0 Å². The first-order valence-corrected chi connectivity index (χ1v) is 7.33. The molecule has 0 saturated heterocycles. The molecule has 0 rings (SSSR count). The van der Waals surface area contributed by atoms with Crippen LogP contribution in [0.4, 0.5) is 0 Å². The molecule has 4 heteroatoms. The molecule has 0 aromatic carbocycles. The number of carbonyl (C=O) groups excluding carboxylic acids is 1. The predicted molar refractivity (Wildman–Crippen MR) is 80.3 cm³/mol. The predicted octanol–water partition coefficient (Wildman–Crippen LogP) is 2.28. The fourth-order valence-electron chi connectivity index (χ4n) is 2.10. The van der Waals surface area contributed by atoms with Crippen LogP contribution < -0.4 is 5.32 Å². The molecular formula is C15H32N2O2. The highest BCUT2D eigenvalue weighted by molar-refractivity contribution is 5.80. The normalized spacial score (nSPS) is 16.5. The van der Waals surface area contributed by atoms with E-state index in [0.29, 0.717) is 18.6 Å². The van der Waals surface area contributed by atoms with Crippen LogP contribution in [0.1, 0.15) is 47.5 Å². The van der Waals surface area contributed by atoms with Gasteiger partial charge in [0.05, 0.1) is 6.61 Å². The highest BCUT2D eigenvalue weighted by atomic mass is 16.5. The molecule has 19 heavy (non-hydrogen) atoms. The Kier molecular flexibility index (Phi) is 8.26. The van der Waals surface area contributed by atoms with Gasteiger partial charge in [0.1, 0.15) is 5.54 Å². The Morgan fingerprint density at radius 3 is 2.37 bits per heavy atom. The van der Waals surface area contributed by atoms with Crippen molar-refractivity contribution in [2.75, 3.05) is 27.2 Å². The van der Waals surface area contributed by atoms with E-state index in [4.69, 9.17) is 4.74 Å². The summed E-state index contributed by atoms with van der Waals surface area (Å²) in [6, 6.07) is 0.531. The summed E-state index contributed by atoms with van der Waals surface area (Å²) in [5.74, 6) is 0.528. The minimum Gasteiger partial charge on any atom is -0.465 e. The Bertz CT molecular complexity index is 269. The van der Waals surface area contributed by atoms with Crippen molar-refractivity contribution in [1.29, 1.82) is 0 Å². The van der Waals surface area contributed by atoms with E-state index in [2.05, 4.69) is 38.0 Å². The number of hydrogen-bond acceptors (Lipinski definition) is 4. The van der Waals surface area contributed by atoms with Crippen LogP contribution in [-0.2, 0) is 9.53 Å². The molecule has 2 atom stereocenters. The Balaban J connectivity index is 4.37. The van der Waals surface area contributed by atoms with Crippen molar-refractivity contribution in [2.45, 2.75) is 59.0 Å². The van der Waals surface area contributed by atoms with E-state index in [-0.39, 0.29) is 5.97 Å². The summed E-state index contributed by atoms with van der Waals surface area (Å²) in [6.45, 7) is 11.8. The van der Waals surface area contributed by atoms with Gasteiger partial charge >= 0.3 is 5.97 Å². The first-order valence-electron chi connectivity index (χ1n) is 7.33. The third-order valence-electron chi connectivity index (χ3n) is 3.81. The van der Waals surface area contributed by atoms with Gasteiger partial charge in [-0.05, 0) is 53.6 Å². The van der Waals surface area contributed by atoms with Gasteiger partial charge in [0.2, 0.25) is 0 Å². The van der Waals surface area contributed by atoms with E-state index in [9.17, 15) is 4.79 Å². The van der Waals surface area contributed by atoms with Crippen LogP contribution in [0.5, 0.6) is 0 Å². The molecule has 0 aliphatic rings. The molecule has 0 aromatic rings. The quantitative estimate of drug-likeness (QED) is 0.654. The zero-order valence-electron chi connectivity index (χ0n) is 13.7. The monoisotopic (exact) mass is 272 g/mol. The molecule has 0 aliphatic heterocycles. The Hall–Kier alpha value is -0.610. The van der Waals surface area contributed by atoms with Gasteiger partial charge < -0.3 is 15.0 Å². The van der Waals surface area contributed by atoms with Crippen LogP contribution in [0, 0.1) is 5.92 Å². The zero-order chi connectivity index (χ0) is 15.1. The maximum atomic E-state index is 12.0. The van der Waals surface area contributed by atoms with Crippen LogP contribution in [0.25, 0.3) is 0 Å². The number of nitrogens with zero attached hydrogens (tertiary/aromatic N) is 1. The average Bonchev–Trinajstić information content (AvgIpc) is 2.34. The molecule has 2 unspecified atom stereocenters. The summed E-state index contributed by atoms with van der Waals surface area (Å²) in [7, 11) is 3.93. The topological polar surface area (TPSA) is 41.6 Å². The van der Waals surface area contributed by atoms with Crippen molar-refractivity contribution in [2.24, 2.45) is 5.92 Å². The summed E-state index contributed by atoms with van der Waals surface area (Å²) in [4.78, 5) is 14.3. The average molecular weight is 272 g/mol. The van der Waals surface area contributed by atoms with Crippen LogP contribution >= 0.6 is 0 Å². The summed E-state index contributed by atoms with van der Waals surface area (Å²) >= 11 is 0. The van der Waals surface area contributed by atoms with Gasteiger partial charge in [-0.1, -0.05) is 13.8 Å².